The van der Waals surface area contributed by atoms with Crippen LogP contribution in [0.25, 0.3) is 10.9 Å². The molecule has 0 spiro atoms. The van der Waals surface area contributed by atoms with E-state index in [0.29, 0.717) is 6.42 Å². The summed E-state index contributed by atoms with van der Waals surface area (Å²) in [6, 6.07) is 6.52. The van der Waals surface area contributed by atoms with E-state index >= 15 is 0 Å². The molecule has 0 aliphatic carbocycles. The first-order valence-corrected chi connectivity index (χ1v) is 8.19. The van der Waals surface area contributed by atoms with Crippen molar-refractivity contribution in [2.45, 2.75) is 25.9 Å². The van der Waals surface area contributed by atoms with Crippen molar-refractivity contribution >= 4 is 10.9 Å². The van der Waals surface area contributed by atoms with Crippen LogP contribution in [0.2, 0.25) is 0 Å². The molecule has 2 aromatic heterocycles. The quantitative estimate of drug-likeness (QED) is 0.734. The molecule has 3 heterocycles. The minimum atomic E-state index is -0.310. The van der Waals surface area contributed by atoms with Gasteiger partial charge in [0.05, 0.1) is 6.20 Å². The maximum Gasteiger partial charge on any atom is 0.141 e. The highest BCUT2D eigenvalue weighted by Gasteiger charge is 2.22. The molecule has 1 aliphatic heterocycles. The van der Waals surface area contributed by atoms with Crippen LogP contribution < -0.4 is 0 Å². The molecule has 0 bridgehead atoms. The summed E-state index contributed by atoms with van der Waals surface area (Å²) in [6.07, 6.45) is 4.57. The zero-order valence-corrected chi connectivity index (χ0v) is 13.6. The fourth-order valence-electron chi connectivity index (χ4n) is 3.65. The average Bonchev–Trinajstić information content (AvgIpc) is 2.85. The molecular formula is C19H19F2N3. The van der Waals surface area contributed by atoms with E-state index in [9.17, 15) is 8.78 Å². The van der Waals surface area contributed by atoms with Crippen molar-refractivity contribution in [3.8, 4) is 0 Å². The van der Waals surface area contributed by atoms with Gasteiger partial charge in [-0.3, -0.25) is 4.98 Å². The van der Waals surface area contributed by atoms with E-state index in [2.05, 4.69) is 21.5 Å². The fraction of sp³-hybridized carbons (Fsp3) is 0.316. The number of fused-ring (bicyclic) bond motifs is 3. The highest BCUT2D eigenvalue weighted by atomic mass is 19.1. The summed E-state index contributed by atoms with van der Waals surface area (Å²) in [4.78, 5) is 6.17. The van der Waals surface area contributed by atoms with E-state index in [1.54, 1.807) is 12.3 Å². The van der Waals surface area contributed by atoms with Crippen molar-refractivity contribution in [2.75, 3.05) is 13.6 Å². The van der Waals surface area contributed by atoms with Gasteiger partial charge in [0, 0.05) is 48.8 Å². The summed E-state index contributed by atoms with van der Waals surface area (Å²) in [6.45, 7) is 2.57. The highest BCUT2D eigenvalue weighted by Crippen LogP contribution is 2.31. The second kappa shape index (κ2) is 5.98. The molecule has 1 aliphatic rings. The Balaban J connectivity index is 1.74. The van der Waals surface area contributed by atoms with Gasteiger partial charge in [0.2, 0.25) is 0 Å². The summed E-state index contributed by atoms with van der Waals surface area (Å²) in [5.74, 6) is -0.513. The van der Waals surface area contributed by atoms with Gasteiger partial charge in [-0.15, -0.1) is 0 Å². The smallest absolute Gasteiger partial charge is 0.141 e. The predicted molar refractivity (Wildman–Crippen MR) is 89.8 cm³/mol. The second-order valence-corrected chi connectivity index (χ2v) is 6.49. The Morgan fingerprint density at radius 3 is 2.83 bits per heavy atom. The highest BCUT2D eigenvalue weighted by molar-refractivity contribution is 5.86. The first-order valence-electron chi connectivity index (χ1n) is 8.19. The molecule has 0 radical (unpaired) electrons. The standard InChI is InChI=1S/C19H19F2N3/c1-23-6-5-19-17(12-23)16-9-14(20)2-3-18(16)24(19)7-4-13-8-15(21)11-22-10-13/h2-3,8-11H,4-7,12H2,1H3. The number of pyridine rings is 1. The molecule has 0 amide bonds. The molecule has 4 rings (SSSR count). The van der Waals surface area contributed by atoms with Crippen molar-refractivity contribution in [2.24, 2.45) is 0 Å². The summed E-state index contributed by atoms with van der Waals surface area (Å²) in [7, 11) is 2.09. The monoisotopic (exact) mass is 327 g/mol. The van der Waals surface area contributed by atoms with Crippen LogP contribution in [0.5, 0.6) is 0 Å². The van der Waals surface area contributed by atoms with Crippen LogP contribution in [0, 0.1) is 11.6 Å². The van der Waals surface area contributed by atoms with Crippen LogP contribution >= 0.6 is 0 Å². The molecule has 0 unspecified atom stereocenters. The summed E-state index contributed by atoms with van der Waals surface area (Å²) in [5.41, 5.74) is 4.43. The predicted octanol–water partition coefficient (Wildman–Crippen LogP) is 3.55. The number of benzene rings is 1. The lowest BCUT2D eigenvalue weighted by Crippen LogP contribution is -2.27. The van der Waals surface area contributed by atoms with Crippen LogP contribution in [0.4, 0.5) is 8.78 Å². The third-order valence-corrected chi connectivity index (χ3v) is 4.79. The number of nitrogens with zero attached hydrogens (tertiary/aromatic N) is 3. The van der Waals surface area contributed by atoms with Gasteiger partial charge in [-0.2, -0.15) is 0 Å². The fourth-order valence-corrected chi connectivity index (χ4v) is 3.65. The summed E-state index contributed by atoms with van der Waals surface area (Å²) in [5, 5.41) is 0.994. The molecule has 5 heteroatoms. The van der Waals surface area contributed by atoms with E-state index in [-0.39, 0.29) is 11.6 Å². The van der Waals surface area contributed by atoms with Gasteiger partial charge in [0.1, 0.15) is 11.6 Å². The van der Waals surface area contributed by atoms with Crippen molar-refractivity contribution < 1.29 is 8.78 Å². The normalized spacial score (nSPS) is 15.0. The lowest BCUT2D eigenvalue weighted by molar-refractivity contribution is 0.309. The van der Waals surface area contributed by atoms with Gasteiger partial charge in [0.15, 0.2) is 0 Å². The minimum absolute atomic E-state index is 0.204. The molecule has 124 valence electrons. The van der Waals surface area contributed by atoms with Gasteiger partial charge < -0.3 is 9.47 Å². The van der Waals surface area contributed by atoms with Crippen molar-refractivity contribution in [1.29, 1.82) is 0 Å². The zero-order chi connectivity index (χ0) is 16.7. The Kier molecular flexibility index (Phi) is 3.81. The summed E-state index contributed by atoms with van der Waals surface area (Å²) < 4.78 is 29.3. The minimum Gasteiger partial charge on any atom is -0.344 e. The van der Waals surface area contributed by atoms with Gasteiger partial charge in [-0.05, 0) is 48.9 Å². The molecule has 0 atom stereocenters. The molecule has 1 aromatic carbocycles. The third-order valence-electron chi connectivity index (χ3n) is 4.79. The first kappa shape index (κ1) is 15.3. The lowest BCUT2D eigenvalue weighted by atomic mass is 10.0. The second-order valence-electron chi connectivity index (χ2n) is 6.49. The number of aromatic nitrogens is 2. The van der Waals surface area contributed by atoms with Gasteiger partial charge >= 0.3 is 0 Å². The molecule has 0 fully saturated rings. The van der Waals surface area contributed by atoms with Crippen molar-refractivity contribution in [3.05, 3.63) is 65.1 Å². The topological polar surface area (TPSA) is 21.1 Å². The molecule has 24 heavy (non-hydrogen) atoms. The van der Waals surface area contributed by atoms with Gasteiger partial charge in [-0.1, -0.05) is 0 Å². The Morgan fingerprint density at radius 2 is 2.00 bits per heavy atom. The van der Waals surface area contributed by atoms with E-state index in [1.807, 2.05) is 6.07 Å². The van der Waals surface area contributed by atoms with E-state index in [0.717, 1.165) is 42.5 Å². The Hall–Kier alpha value is -2.27. The van der Waals surface area contributed by atoms with Crippen LogP contribution in [0.1, 0.15) is 16.8 Å². The van der Waals surface area contributed by atoms with E-state index < -0.39 is 0 Å². The number of likely N-dealkylation sites (N-methyl/N-ethyl adjacent to an activating group) is 1. The molecular weight excluding hydrogens is 308 g/mol. The first-order chi connectivity index (χ1) is 11.6. The summed E-state index contributed by atoms with van der Waals surface area (Å²) >= 11 is 0. The molecule has 3 aromatic rings. The third kappa shape index (κ3) is 2.69. The molecule has 0 saturated carbocycles. The van der Waals surface area contributed by atoms with Crippen LogP contribution in [-0.4, -0.2) is 28.0 Å². The SMILES string of the molecule is CN1CCc2c(c3cc(F)ccc3n2CCc2cncc(F)c2)C1. The molecule has 3 nitrogen and oxygen atoms in total. The number of halogens is 2. The average molecular weight is 327 g/mol. The maximum atomic E-state index is 13.7. The lowest BCUT2D eigenvalue weighted by Gasteiger charge is -2.24. The maximum absolute atomic E-state index is 13.7. The van der Waals surface area contributed by atoms with E-state index in [4.69, 9.17) is 0 Å². The van der Waals surface area contributed by atoms with Crippen LogP contribution in [-0.2, 0) is 25.9 Å². The van der Waals surface area contributed by atoms with Crippen LogP contribution in [0.3, 0.4) is 0 Å². The zero-order valence-electron chi connectivity index (χ0n) is 13.6. The molecule has 0 saturated heterocycles. The Labute approximate surface area is 139 Å². The van der Waals surface area contributed by atoms with Gasteiger partial charge in [-0.25, -0.2) is 8.78 Å². The number of hydrogen-bond donors (Lipinski definition) is 0. The largest absolute Gasteiger partial charge is 0.344 e. The number of aryl methyl sites for hydroxylation is 2. The molecule has 0 N–H and O–H groups in total. The Bertz CT molecular complexity index is 901. The Morgan fingerprint density at radius 1 is 1.12 bits per heavy atom. The van der Waals surface area contributed by atoms with Crippen LogP contribution in [0.15, 0.2) is 36.7 Å². The van der Waals surface area contributed by atoms with Gasteiger partial charge in [0.25, 0.3) is 0 Å². The van der Waals surface area contributed by atoms with Crippen molar-refractivity contribution in [1.82, 2.24) is 14.5 Å². The number of rotatable bonds is 3. The number of hydrogen-bond acceptors (Lipinski definition) is 2. The van der Waals surface area contributed by atoms with Crippen molar-refractivity contribution in [3.63, 3.8) is 0 Å². The van der Waals surface area contributed by atoms with E-state index in [1.165, 1.54) is 29.6 Å².